The number of hydrogen-bond acceptors (Lipinski definition) is 3. The van der Waals surface area contributed by atoms with Gasteiger partial charge in [-0.25, -0.2) is 0 Å². The first-order valence-corrected chi connectivity index (χ1v) is 8.40. The average molecular weight is 309 g/mol. The SMILES string of the molecule is O=C(NC1CCCCCC1)c1cc(Nc2ccccc2)ccn1. The van der Waals surface area contributed by atoms with E-state index in [0.717, 1.165) is 24.2 Å². The van der Waals surface area contributed by atoms with Crippen LogP contribution in [0.3, 0.4) is 0 Å². The summed E-state index contributed by atoms with van der Waals surface area (Å²) in [5.41, 5.74) is 2.33. The van der Waals surface area contributed by atoms with Gasteiger partial charge in [0.25, 0.3) is 5.91 Å². The molecule has 0 spiro atoms. The maximum Gasteiger partial charge on any atom is 0.270 e. The Morgan fingerprint density at radius 2 is 1.70 bits per heavy atom. The van der Waals surface area contributed by atoms with Gasteiger partial charge in [-0.2, -0.15) is 0 Å². The zero-order valence-electron chi connectivity index (χ0n) is 13.3. The largest absolute Gasteiger partial charge is 0.355 e. The zero-order chi connectivity index (χ0) is 15.9. The third-order valence-electron chi connectivity index (χ3n) is 4.25. The molecule has 2 N–H and O–H groups in total. The minimum atomic E-state index is -0.0754. The number of pyridine rings is 1. The number of carbonyl (C=O) groups excluding carboxylic acids is 1. The van der Waals surface area contributed by atoms with E-state index >= 15 is 0 Å². The molecule has 0 saturated heterocycles. The van der Waals surface area contributed by atoms with Gasteiger partial charge < -0.3 is 10.6 Å². The molecule has 1 amide bonds. The third kappa shape index (κ3) is 4.55. The third-order valence-corrected chi connectivity index (χ3v) is 4.25. The highest BCUT2D eigenvalue weighted by Crippen LogP contribution is 2.19. The van der Waals surface area contributed by atoms with Crippen LogP contribution < -0.4 is 10.6 Å². The molecular formula is C19H23N3O. The second kappa shape index (κ2) is 7.77. The van der Waals surface area contributed by atoms with E-state index < -0.39 is 0 Å². The van der Waals surface area contributed by atoms with E-state index in [1.807, 2.05) is 36.4 Å². The van der Waals surface area contributed by atoms with Gasteiger partial charge in [-0.05, 0) is 37.1 Å². The number of benzene rings is 1. The lowest BCUT2D eigenvalue weighted by Crippen LogP contribution is -2.34. The molecule has 1 heterocycles. The molecule has 4 heteroatoms. The van der Waals surface area contributed by atoms with Gasteiger partial charge in [0, 0.05) is 23.6 Å². The number of nitrogens with zero attached hydrogens (tertiary/aromatic N) is 1. The Morgan fingerprint density at radius 3 is 2.43 bits per heavy atom. The predicted molar refractivity (Wildman–Crippen MR) is 92.9 cm³/mol. The second-order valence-electron chi connectivity index (χ2n) is 6.08. The standard InChI is InChI=1S/C19H23N3O/c23-19(22-16-10-4-1-2-5-11-16)18-14-17(12-13-20-18)21-15-8-6-3-7-9-15/h3,6-9,12-14,16H,1-2,4-5,10-11H2,(H,20,21)(H,22,23). The highest BCUT2D eigenvalue weighted by atomic mass is 16.1. The maximum absolute atomic E-state index is 12.4. The van der Waals surface area contributed by atoms with Crippen molar-refractivity contribution in [3.8, 4) is 0 Å². The van der Waals surface area contributed by atoms with Gasteiger partial charge in [0.1, 0.15) is 5.69 Å². The number of hydrogen-bond donors (Lipinski definition) is 2. The number of anilines is 2. The molecule has 0 bridgehead atoms. The summed E-state index contributed by atoms with van der Waals surface area (Å²) in [7, 11) is 0. The van der Waals surface area contributed by atoms with Crippen LogP contribution in [0.25, 0.3) is 0 Å². The summed E-state index contributed by atoms with van der Waals surface area (Å²) in [6, 6.07) is 13.9. The molecule has 1 aromatic carbocycles. The first-order valence-electron chi connectivity index (χ1n) is 8.40. The minimum absolute atomic E-state index is 0.0754. The topological polar surface area (TPSA) is 54.0 Å². The van der Waals surface area contributed by atoms with Crippen LogP contribution in [0.5, 0.6) is 0 Å². The van der Waals surface area contributed by atoms with Gasteiger partial charge in [-0.3, -0.25) is 9.78 Å². The maximum atomic E-state index is 12.4. The van der Waals surface area contributed by atoms with Crippen LogP contribution in [0.15, 0.2) is 48.7 Å². The van der Waals surface area contributed by atoms with Crippen LogP contribution in [-0.4, -0.2) is 16.9 Å². The van der Waals surface area contributed by atoms with E-state index in [4.69, 9.17) is 0 Å². The Kier molecular flexibility index (Phi) is 5.25. The number of carbonyl (C=O) groups is 1. The monoisotopic (exact) mass is 309 g/mol. The molecule has 0 radical (unpaired) electrons. The molecule has 120 valence electrons. The van der Waals surface area contributed by atoms with E-state index in [9.17, 15) is 4.79 Å². The molecule has 0 atom stereocenters. The Balaban J connectivity index is 1.65. The number of amides is 1. The van der Waals surface area contributed by atoms with Crippen molar-refractivity contribution < 1.29 is 4.79 Å². The molecule has 1 aliphatic carbocycles. The molecule has 1 fully saturated rings. The van der Waals surface area contributed by atoms with E-state index in [2.05, 4.69) is 15.6 Å². The minimum Gasteiger partial charge on any atom is -0.355 e. The van der Waals surface area contributed by atoms with E-state index in [-0.39, 0.29) is 11.9 Å². The molecule has 0 unspecified atom stereocenters. The molecule has 4 nitrogen and oxygen atoms in total. The number of nitrogens with one attached hydrogen (secondary N) is 2. The summed E-state index contributed by atoms with van der Waals surface area (Å²) in [5, 5.41) is 6.43. The molecule has 3 rings (SSSR count). The molecule has 1 saturated carbocycles. The number of aromatic nitrogens is 1. The lowest BCUT2D eigenvalue weighted by Gasteiger charge is -2.16. The number of para-hydroxylation sites is 1. The lowest BCUT2D eigenvalue weighted by atomic mass is 10.1. The molecule has 2 aromatic rings. The molecule has 1 aliphatic rings. The van der Waals surface area contributed by atoms with Crippen molar-refractivity contribution in [2.24, 2.45) is 0 Å². The Labute approximate surface area is 137 Å². The fourth-order valence-electron chi connectivity index (χ4n) is 3.00. The van der Waals surface area contributed by atoms with Crippen molar-refractivity contribution in [3.63, 3.8) is 0 Å². The van der Waals surface area contributed by atoms with Gasteiger partial charge in [0.2, 0.25) is 0 Å². The van der Waals surface area contributed by atoms with Crippen molar-refractivity contribution in [2.45, 2.75) is 44.6 Å². The predicted octanol–water partition coefficient (Wildman–Crippen LogP) is 4.28. The molecule has 0 aliphatic heterocycles. The van der Waals surface area contributed by atoms with Crippen molar-refractivity contribution in [3.05, 3.63) is 54.4 Å². The summed E-state index contributed by atoms with van der Waals surface area (Å²) in [6.45, 7) is 0. The van der Waals surface area contributed by atoms with Crippen LogP contribution in [0.2, 0.25) is 0 Å². The second-order valence-corrected chi connectivity index (χ2v) is 6.08. The Bertz CT molecular complexity index is 634. The fraction of sp³-hybridized carbons (Fsp3) is 0.368. The summed E-state index contributed by atoms with van der Waals surface area (Å²) in [5.74, 6) is -0.0754. The quantitative estimate of drug-likeness (QED) is 0.829. The average Bonchev–Trinajstić information content (AvgIpc) is 2.85. The number of rotatable bonds is 4. The van der Waals surface area contributed by atoms with Gasteiger partial charge in [-0.15, -0.1) is 0 Å². The van der Waals surface area contributed by atoms with Gasteiger partial charge in [0.05, 0.1) is 0 Å². The van der Waals surface area contributed by atoms with Crippen LogP contribution in [0.4, 0.5) is 11.4 Å². The summed E-state index contributed by atoms with van der Waals surface area (Å²) in [4.78, 5) is 16.6. The summed E-state index contributed by atoms with van der Waals surface area (Å²) < 4.78 is 0. The molecule has 1 aromatic heterocycles. The first kappa shape index (κ1) is 15.5. The highest BCUT2D eigenvalue weighted by molar-refractivity contribution is 5.93. The Morgan fingerprint density at radius 1 is 0.957 bits per heavy atom. The molecular weight excluding hydrogens is 286 g/mol. The molecule has 23 heavy (non-hydrogen) atoms. The van der Waals surface area contributed by atoms with Gasteiger partial charge in [0.15, 0.2) is 0 Å². The fourth-order valence-corrected chi connectivity index (χ4v) is 3.00. The van der Waals surface area contributed by atoms with E-state index in [0.29, 0.717) is 5.69 Å². The van der Waals surface area contributed by atoms with Crippen molar-refractivity contribution in [1.82, 2.24) is 10.3 Å². The summed E-state index contributed by atoms with van der Waals surface area (Å²) in [6.07, 6.45) is 8.79. The Hall–Kier alpha value is -2.36. The lowest BCUT2D eigenvalue weighted by molar-refractivity contribution is 0.0928. The van der Waals surface area contributed by atoms with Crippen LogP contribution in [0, 0.1) is 0 Å². The van der Waals surface area contributed by atoms with E-state index in [1.165, 1.54) is 25.7 Å². The zero-order valence-corrected chi connectivity index (χ0v) is 13.3. The first-order chi connectivity index (χ1) is 11.3. The van der Waals surface area contributed by atoms with Crippen molar-refractivity contribution in [1.29, 1.82) is 0 Å². The van der Waals surface area contributed by atoms with E-state index in [1.54, 1.807) is 12.3 Å². The van der Waals surface area contributed by atoms with Crippen molar-refractivity contribution in [2.75, 3.05) is 5.32 Å². The highest BCUT2D eigenvalue weighted by Gasteiger charge is 2.16. The van der Waals surface area contributed by atoms with Gasteiger partial charge in [-0.1, -0.05) is 43.9 Å². The van der Waals surface area contributed by atoms with Crippen molar-refractivity contribution >= 4 is 17.3 Å². The normalized spacial score (nSPS) is 15.7. The van der Waals surface area contributed by atoms with Crippen LogP contribution >= 0.6 is 0 Å². The van der Waals surface area contributed by atoms with Crippen LogP contribution in [0.1, 0.15) is 49.0 Å². The summed E-state index contributed by atoms with van der Waals surface area (Å²) >= 11 is 0. The smallest absolute Gasteiger partial charge is 0.270 e. The van der Waals surface area contributed by atoms with Gasteiger partial charge >= 0.3 is 0 Å². The van der Waals surface area contributed by atoms with Crippen LogP contribution in [-0.2, 0) is 0 Å².